The number of hydrogen-bond acceptors (Lipinski definition) is 6. The monoisotopic (exact) mass is 301 g/mol. The topological polar surface area (TPSA) is 95.7 Å². The smallest absolute Gasteiger partial charge is 0.341 e. The molecule has 0 saturated heterocycles. The molecule has 6 nitrogen and oxygen atoms in total. The van der Waals surface area contributed by atoms with Crippen molar-refractivity contribution in [3.05, 3.63) is 23.8 Å². The van der Waals surface area contributed by atoms with Crippen LogP contribution in [-0.4, -0.2) is 39.1 Å². The maximum absolute atomic E-state index is 11.7. The number of nitrogens with two attached hydrogens (primary N) is 1. The molecule has 0 unspecified atom stereocenters. The number of nitrogen functional groups attached to an aromatic ring is 1. The highest BCUT2D eigenvalue weighted by Gasteiger charge is 2.18. The van der Waals surface area contributed by atoms with Gasteiger partial charge in [0.05, 0.1) is 18.1 Å². The Kier molecular flexibility index (Phi) is 5.38. The first-order valence-electron chi connectivity index (χ1n) is 6.10. The van der Waals surface area contributed by atoms with Gasteiger partial charge in [0.1, 0.15) is 17.9 Å². The van der Waals surface area contributed by atoms with Gasteiger partial charge in [0.25, 0.3) is 0 Å². The van der Waals surface area contributed by atoms with Gasteiger partial charge in [-0.2, -0.15) is 0 Å². The molecule has 0 aliphatic rings. The van der Waals surface area contributed by atoms with E-state index >= 15 is 0 Å². The number of hydrogen-bond donors (Lipinski definition) is 1. The number of esters is 1. The van der Waals surface area contributed by atoms with E-state index in [-0.39, 0.29) is 23.7 Å². The molecule has 0 spiro atoms. The minimum Gasteiger partial charge on any atom is -0.492 e. The Morgan fingerprint density at radius 3 is 2.55 bits per heavy atom. The van der Waals surface area contributed by atoms with Crippen LogP contribution in [0.15, 0.2) is 18.2 Å². The lowest BCUT2D eigenvalue weighted by atomic mass is 10.2. The zero-order chi connectivity index (χ0) is 15.3. The number of carbonyl (C=O) groups excluding carboxylic acids is 1. The lowest BCUT2D eigenvalue weighted by Gasteiger charge is -2.12. The first-order valence-corrected chi connectivity index (χ1v) is 7.81. The van der Waals surface area contributed by atoms with Gasteiger partial charge in [-0.3, -0.25) is 0 Å². The van der Waals surface area contributed by atoms with Crippen LogP contribution in [0.1, 0.15) is 24.2 Å². The SMILES string of the molecule is COC(=O)c1ccc(N)cc1OCCS(=O)(=O)C(C)C. The first kappa shape index (κ1) is 16.3. The van der Waals surface area contributed by atoms with Gasteiger partial charge in [-0.1, -0.05) is 0 Å². The summed E-state index contributed by atoms with van der Waals surface area (Å²) in [5.41, 5.74) is 6.25. The maximum Gasteiger partial charge on any atom is 0.341 e. The molecule has 7 heteroatoms. The van der Waals surface area contributed by atoms with Gasteiger partial charge in [-0.05, 0) is 26.0 Å². The number of rotatable bonds is 6. The Labute approximate surface area is 118 Å². The van der Waals surface area contributed by atoms with Crippen molar-refractivity contribution in [3.8, 4) is 5.75 Å². The number of methoxy groups -OCH3 is 1. The third kappa shape index (κ3) is 4.12. The second-order valence-corrected chi connectivity index (χ2v) is 7.19. The van der Waals surface area contributed by atoms with Gasteiger partial charge in [0, 0.05) is 11.8 Å². The number of benzene rings is 1. The van der Waals surface area contributed by atoms with E-state index in [1.807, 2.05) is 0 Å². The molecule has 0 atom stereocenters. The van der Waals surface area contributed by atoms with Crippen LogP contribution in [0.3, 0.4) is 0 Å². The van der Waals surface area contributed by atoms with Crippen molar-refractivity contribution in [2.75, 3.05) is 25.2 Å². The zero-order valence-corrected chi connectivity index (χ0v) is 12.6. The third-order valence-electron chi connectivity index (χ3n) is 2.75. The predicted octanol–water partition coefficient (Wildman–Crippen LogP) is 1.26. The normalized spacial score (nSPS) is 11.4. The molecular weight excluding hydrogens is 282 g/mol. The van der Waals surface area contributed by atoms with Crippen LogP contribution in [0.25, 0.3) is 0 Å². The summed E-state index contributed by atoms with van der Waals surface area (Å²) >= 11 is 0. The van der Waals surface area contributed by atoms with E-state index in [1.165, 1.54) is 19.2 Å². The highest BCUT2D eigenvalue weighted by Crippen LogP contribution is 2.22. The molecule has 112 valence electrons. The standard InChI is InChI=1S/C13H19NO5S/c1-9(2)20(16,17)7-6-19-12-8-10(14)4-5-11(12)13(15)18-3/h4-5,8-9H,6-7,14H2,1-3H3. The van der Waals surface area contributed by atoms with Crippen LogP contribution in [0.2, 0.25) is 0 Å². The Morgan fingerprint density at radius 2 is 2.00 bits per heavy atom. The minimum atomic E-state index is -3.19. The van der Waals surface area contributed by atoms with Crippen molar-refractivity contribution in [2.45, 2.75) is 19.1 Å². The second kappa shape index (κ2) is 6.60. The van der Waals surface area contributed by atoms with Gasteiger partial charge >= 0.3 is 5.97 Å². The Hall–Kier alpha value is -1.76. The summed E-state index contributed by atoms with van der Waals surface area (Å²) < 4.78 is 33.3. The van der Waals surface area contributed by atoms with Gasteiger partial charge < -0.3 is 15.2 Å². The Morgan fingerprint density at radius 1 is 1.35 bits per heavy atom. The van der Waals surface area contributed by atoms with Gasteiger partial charge in [0.15, 0.2) is 9.84 Å². The summed E-state index contributed by atoms with van der Waals surface area (Å²) in [5.74, 6) is -0.470. The van der Waals surface area contributed by atoms with E-state index in [4.69, 9.17) is 10.5 Å². The minimum absolute atomic E-state index is 0.0477. The van der Waals surface area contributed by atoms with Crippen molar-refractivity contribution in [1.29, 1.82) is 0 Å². The quantitative estimate of drug-likeness (QED) is 0.627. The largest absolute Gasteiger partial charge is 0.492 e. The predicted molar refractivity (Wildman–Crippen MR) is 76.6 cm³/mol. The lowest BCUT2D eigenvalue weighted by Crippen LogP contribution is -2.22. The molecule has 0 radical (unpaired) electrons. The molecule has 1 rings (SSSR count). The van der Waals surface area contributed by atoms with Crippen LogP contribution in [0, 0.1) is 0 Å². The van der Waals surface area contributed by atoms with Gasteiger partial charge in [0.2, 0.25) is 0 Å². The second-order valence-electron chi connectivity index (χ2n) is 4.51. The van der Waals surface area contributed by atoms with Crippen LogP contribution in [0.4, 0.5) is 5.69 Å². The van der Waals surface area contributed by atoms with E-state index < -0.39 is 21.1 Å². The molecule has 0 aromatic heterocycles. The highest BCUT2D eigenvalue weighted by molar-refractivity contribution is 7.91. The molecule has 20 heavy (non-hydrogen) atoms. The average Bonchev–Trinajstić information content (AvgIpc) is 2.37. The molecule has 0 aliphatic heterocycles. The molecule has 0 aliphatic carbocycles. The maximum atomic E-state index is 11.7. The molecule has 0 saturated carbocycles. The average molecular weight is 301 g/mol. The molecule has 0 heterocycles. The van der Waals surface area contributed by atoms with Crippen LogP contribution < -0.4 is 10.5 Å². The zero-order valence-electron chi connectivity index (χ0n) is 11.8. The summed E-state index contributed by atoms with van der Waals surface area (Å²) in [6.07, 6.45) is 0. The number of anilines is 1. The third-order valence-corrected chi connectivity index (χ3v) is 4.93. The molecule has 0 fully saturated rings. The van der Waals surface area contributed by atoms with E-state index in [2.05, 4.69) is 4.74 Å². The van der Waals surface area contributed by atoms with E-state index in [1.54, 1.807) is 19.9 Å². The Balaban J connectivity index is 2.82. The van der Waals surface area contributed by atoms with E-state index in [0.29, 0.717) is 5.69 Å². The molecule has 1 aromatic rings. The lowest BCUT2D eigenvalue weighted by molar-refractivity contribution is 0.0596. The van der Waals surface area contributed by atoms with Crippen molar-refractivity contribution in [1.82, 2.24) is 0 Å². The fourth-order valence-corrected chi connectivity index (χ4v) is 2.23. The fourth-order valence-electron chi connectivity index (χ4n) is 1.44. The summed E-state index contributed by atoms with van der Waals surface area (Å²) in [7, 11) is -1.93. The summed E-state index contributed by atoms with van der Waals surface area (Å²) in [4.78, 5) is 11.6. The van der Waals surface area contributed by atoms with Gasteiger partial charge in [-0.15, -0.1) is 0 Å². The Bertz CT molecular complexity index is 580. The summed E-state index contributed by atoms with van der Waals surface area (Å²) in [6.45, 7) is 3.17. The van der Waals surface area contributed by atoms with E-state index in [0.717, 1.165) is 0 Å². The molecule has 1 aromatic carbocycles. The number of carbonyl (C=O) groups is 1. The van der Waals surface area contributed by atoms with Crippen LogP contribution in [0.5, 0.6) is 5.75 Å². The molecule has 0 bridgehead atoms. The number of sulfone groups is 1. The van der Waals surface area contributed by atoms with Crippen LogP contribution in [-0.2, 0) is 14.6 Å². The van der Waals surface area contributed by atoms with Crippen LogP contribution >= 0.6 is 0 Å². The molecular formula is C13H19NO5S. The van der Waals surface area contributed by atoms with Crippen molar-refractivity contribution in [2.24, 2.45) is 0 Å². The number of ether oxygens (including phenoxy) is 2. The fraction of sp³-hybridized carbons (Fsp3) is 0.462. The van der Waals surface area contributed by atoms with Crippen molar-refractivity contribution < 1.29 is 22.7 Å². The van der Waals surface area contributed by atoms with Gasteiger partial charge in [-0.25, -0.2) is 13.2 Å². The first-order chi connectivity index (χ1) is 9.27. The van der Waals surface area contributed by atoms with E-state index in [9.17, 15) is 13.2 Å². The summed E-state index contributed by atoms with van der Waals surface area (Å²) in [6, 6.07) is 4.49. The molecule has 0 amide bonds. The molecule has 2 N–H and O–H groups in total. The summed E-state index contributed by atoms with van der Waals surface area (Å²) in [5, 5.41) is -0.466. The van der Waals surface area contributed by atoms with Crippen molar-refractivity contribution in [3.63, 3.8) is 0 Å². The highest BCUT2D eigenvalue weighted by atomic mass is 32.2. The van der Waals surface area contributed by atoms with Crippen molar-refractivity contribution >= 4 is 21.5 Å².